The summed E-state index contributed by atoms with van der Waals surface area (Å²) in [6, 6.07) is 19.9. The van der Waals surface area contributed by atoms with E-state index >= 15 is 0 Å². The van der Waals surface area contributed by atoms with Crippen LogP contribution in [0.5, 0.6) is 0 Å². The molecule has 2 atom stereocenters. The summed E-state index contributed by atoms with van der Waals surface area (Å²) in [6.45, 7) is 0.0608. The van der Waals surface area contributed by atoms with Gasteiger partial charge in [0.2, 0.25) is 11.8 Å². The van der Waals surface area contributed by atoms with Crippen LogP contribution in [0.15, 0.2) is 83.6 Å². The number of aromatic nitrogens is 1. The first kappa shape index (κ1) is 24.9. The quantitative estimate of drug-likeness (QED) is 0.352. The van der Waals surface area contributed by atoms with Crippen molar-refractivity contribution >= 4 is 33.8 Å². The summed E-state index contributed by atoms with van der Waals surface area (Å²) in [7, 11) is 0. The number of alkyl carbamates (subject to hydrolysis) is 1. The van der Waals surface area contributed by atoms with Crippen molar-refractivity contribution in [2.24, 2.45) is 5.73 Å². The Hall–Kier alpha value is -3.72. The van der Waals surface area contributed by atoms with Crippen LogP contribution in [-0.4, -0.2) is 35.0 Å². The molecule has 2 aromatic carbocycles. The highest BCUT2D eigenvalue weighted by Gasteiger charge is 2.27. The number of nitrogens with two attached hydrogens (primary N) is 1. The molecular weight excluding hydrogens is 500 g/mol. The zero-order valence-corrected chi connectivity index (χ0v) is 19.9. The first-order valence-electron chi connectivity index (χ1n) is 10.6. The van der Waals surface area contributed by atoms with Crippen molar-refractivity contribution in [3.63, 3.8) is 0 Å². The molecule has 0 aliphatic carbocycles. The smallest absolute Gasteiger partial charge is 0.408 e. The zero-order chi connectivity index (χ0) is 24.3. The second-order valence-corrected chi connectivity index (χ2v) is 8.32. The Morgan fingerprint density at radius 1 is 0.853 bits per heavy atom. The summed E-state index contributed by atoms with van der Waals surface area (Å²) in [5.74, 6) is -1.25. The third-order valence-corrected chi connectivity index (χ3v) is 5.74. The molecule has 176 valence electrons. The van der Waals surface area contributed by atoms with E-state index in [1.165, 1.54) is 0 Å². The molecule has 0 unspecified atom stereocenters. The molecule has 0 saturated heterocycles. The summed E-state index contributed by atoms with van der Waals surface area (Å²) >= 11 is 3.33. The average molecular weight is 525 g/mol. The van der Waals surface area contributed by atoms with E-state index < -0.39 is 30.0 Å². The zero-order valence-electron chi connectivity index (χ0n) is 18.3. The first-order valence-corrected chi connectivity index (χ1v) is 11.4. The molecule has 0 saturated carbocycles. The van der Waals surface area contributed by atoms with Gasteiger partial charge < -0.3 is 21.1 Å². The highest BCUT2D eigenvalue weighted by molar-refractivity contribution is 9.10. The monoisotopic (exact) mass is 524 g/mol. The Kier molecular flexibility index (Phi) is 9.16. The van der Waals surface area contributed by atoms with Gasteiger partial charge in [-0.1, -0.05) is 66.7 Å². The minimum absolute atomic E-state index is 0.0608. The number of nitrogens with zero attached hydrogens (tertiary/aromatic N) is 1. The maximum absolute atomic E-state index is 13.1. The predicted molar refractivity (Wildman–Crippen MR) is 130 cm³/mol. The van der Waals surface area contributed by atoms with Crippen molar-refractivity contribution in [1.29, 1.82) is 0 Å². The van der Waals surface area contributed by atoms with Crippen LogP contribution in [0.2, 0.25) is 0 Å². The third-order valence-electron chi connectivity index (χ3n) is 5.02. The number of amides is 3. The number of primary amides is 1. The average Bonchev–Trinajstić information content (AvgIpc) is 2.84. The van der Waals surface area contributed by atoms with E-state index in [2.05, 4.69) is 31.5 Å². The third kappa shape index (κ3) is 7.70. The molecule has 3 aromatic rings. The summed E-state index contributed by atoms with van der Waals surface area (Å²) in [6.07, 6.45) is 1.21. The highest BCUT2D eigenvalue weighted by atomic mass is 79.9. The predicted octanol–water partition coefficient (Wildman–Crippen LogP) is 2.89. The van der Waals surface area contributed by atoms with Crippen molar-refractivity contribution in [2.45, 2.75) is 31.5 Å². The van der Waals surface area contributed by atoms with E-state index in [9.17, 15) is 14.4 Å². The molecule has 1 aromatic heterocycles. The second-order valence-electron chi connectivity index (χ2n) is 7.57. The molecule has 3 rings (SSSR count). The van der Waals surface area contributed by atoms with Crippen molar-refractivity contribution in [2.75, 3.05) is 0 Å². The number of hydrogen-bond acceptors (Lipinski definition) is 5. The fourth-order valence-electron chi connectivity index (χ4n) is 3.25. The Morgan fingerprint density at radius 2 is 1.50 bits per heavy atom. The molecule has 1 heterocycles. The van der Waals surface area contributed by atoms with Crippen molar-refractivity contribution in [3.05, 3.63) is 100 Å². The van der Waals surface area contributed by atoms with Crippen LogP contribution in [0, 0.1) is 0 Å². The van der Waals surface area contributed by atoms with Gasteiger partial charge in [-0.25, -0.2) is 9.78 Å². The molecule has 3 amide bonds. The van der Waals surface area contributed by atoms with E-state index in [0.717, 1.165) is 11.1 Å². The van der Waals surface area contributed by atoms with Gasteiger partial charge in [-0.2, -0.15) is 0 Å². The van der Waals surface area contributed by atoms with E-state index in [4.69, 9.17) is 10.5 Å². The molecule has 9 heteroatoms. The van der Waals surface area contributed by atoms with Crippen LogP contribution in [0.25, 0.3) is 0 Å². The van der Waals surface area contributed by atoms with Gasteiger partial charge in [-0.3, -0.25) is 9.59 Å². The van der Waals surface area contributed by atoms with Gasteiger partial charge in [-0.15, -0.1) is 0 Å². The van der Waals surface area contributed by atoms with Crippen LogP contribution < -0.4 is 16.4 Å². The molecule has 0 radical (unpaired) electrons. The van der Waals surface area contributed by atoms with Gasteiger partial charge in [0.25, 0.3) is 0 Å². The number of carbonyl (C=O) groups is 3. The molecule has 0 fully saturated rings. The number of rotatable bonds is 10. The second kappa shape index (κ2) is 12.5. The molecule has 34 heavy (non-hydrogen) atoms. The van der Waals surface area contributed by atoms with E-state index in [1.54, 1.807) is 18.3 Å². The molecular formula is C25H25BrN4O4. The fraction of sp³-hybridized carbons (Fsp3) is 0.200. The van der Waals surface area contributed by atoms with Gasteiger partial charge in [0.1, 0.15) is 23.3 Å². The summed E-state index contributed by atoms with van der Waals surface area (Å²) < 4.78 is 5.83. The summed E-state index contributed by atoms with van der Waals surface area (Å²) in [5, 5.41) is 5.27. The molecule has 0 aliphatic heterocycles. The number of nitrogens with one attached hydrogen (secondary N) is 2. The normalized spacial score (nSPS) is 12.3. The van der Waals surface area contributed by atoms with E-state index in [0.29, 0.717) is 10.2 Å². The molecule has 0 spiro atoms. The van der Waals surface area contributed by atoms with Gasteiger partial charge in [0.05, 0.1) is 0 Å². The largest absolute Gasteiger partial charge is 0.445 e. The van der Waals surface area contributed by atoms with Gasteiger partial charge in [-0.05, 0) is 38.7 Å². The van der Waals surface area contributed by atoms with Crippen LogP contribution >= 0.6 is 15.9 Å². The van der Waals surface area contributed by atoms with Crippen molar-refractivity contribution < 1.29 is 19.1 Å². The Balaban J connectivity index is 1.70. The number of ether oxygens (including phenoxy) is 1. The minimum atomic E-state index is -0.992. The molecule has 4 N–H and O–H groups in total. The maximum Gasteiger partial charge on any atom is 0.408 e. The molecule has 0 bridgehead atoms. The lowest BCUT2D eigenvalue weighted by Gasteiger charge is -2.22. The van der Waals surface area contributed by atoms with Gasteiger partial charge in [0.15, 0.2) is 0 Å². The molecule has 0 aliphatic rings. The number of carbonyl (C=O) groups excluding carboxylic acids is 3. The Morgan fingerprint density at radius 3 is 2.12 bits per heavy atom. The summed E-state index contributed by atoms with van der Waals surface area (Å²) in [5.41, 5.74) is 7.90. The number of halogens is 1. The van der Waals surface area contributed by atoms with Gasteiger partial charge >= 0.3 is 6.09 Å². The summed E-state index contributed by atoms with van der Waals surface area (Å²) in [4.78, 5) is 41.8. The molecule has 8 nitrogen and oxygen atoms in total. The van der Waals surface area contributed by atoms with Gasteiger partial charge in [0, 0.05) is 19.0 Å². The Bertz CT molecular complexity index is 1110. The lowest BCUT2D eigenvalue weighted by Crippen LogP contribution is -2.54. The fourth-order valence-corrected chi connectivity index (χ4v) is 3.66. The standard InChI is InChI=1S/C25H25BrN4O4/c26-22-19(12-7-13-28-22)15-20(23(27)31)29-24(32)21(14-17-8-3-1-4-9-17)30-25(33)34-16-18-10-5-2-6-11-18/h1-13,20-21H,14-16H2,(H2,27,31)(H,29,32)(H,30,33)/t20-,21-/m1/s1. The lowest BCUT2D eigenvalue weighted by molar-refractivity contribution is -0.128. The van der Waals surface area contributed by atoms with Crippen LogP contribution in [0.4, 0.5) is 4.79 Å². The topological polar surface area (TPSA) is 123 Å². The number of benzene rings is 2. The SMILES string of the molecule is NC(=O)[C@@H](Cc1cccnc1Br)NC(=O)[C@@H](Cc1ccccc1)NC(=O)OCc1ccccc1. The number of pyridine rings is 1. The van der Waals surface area contributed by atoms with Crippen molar-refractivity contribution in [1.82, 2.24) is 15.6 Å². The van der Waals surface area contributed by atoms with Crippen LogP contribution in [0.1, 0.15) is 16.7 Å². The maximum atomic E-state index is 13.1. The van der Waals surface area contributed by atoms with Crippen LogP contribution in [0.3, 0.4) is 0 Å². The number of hydrogen-bond donors (Lipinski definition) is 3. The minimum Gasteiger partial charge on any atom is -0.445 e. The van der Waals surface area contributed by atoms with Crippen molar-refractivity contribution in [3.8, 4) is 0 Å². The lowest BCUT2D eigenvalue weighted by atomic mass is 10.0. The van der Waals surface area contributed by atoms with Crippen LogP contribution in [-0.2, 0) is 33.8 Å². The van der Waals surface area contributed by atoms with E-state index in [1.807, 2.05) is 60.7 Å². The van der Waals surface area contributed by atoms with E-state index in [-0.39, 0.29) is 19.4 Å². The Labute approximate surface area is 206 Å². The highest BCUT2D eigenvalue weighted by Crippen LogP contribution is 2.15. The first-order chi connectivity index (χ1) is 16.4.